The summed E-state index contributed by atoms with van der Waals surface area (Å²) in [6.45, 7) is 0.644. The number of amides is 1. The first-order valence-electron chi connectivity index (χ1n) is 4.87. The Bertz CT molecular complexity index is 335. The number of rotatable bonds is 4. The summed E-state index contributed by atoms with van der Waals surface area (Å²) in [4.78, 5) is 10.7. The second-order valence-electron chi connectivity index (χ2n) is 3.54. The number of epoxide rings is 1. The van der Waals surface area contributed by atoms with E-state index in [0.717, 1.165) is 5.56 Å². The molecule has 2 atom stereocenters. The monoisotopic (exact) mass is 207 g/mol. The second-order valence-corrected chi connectivity index (χ2v) is 3.54. The SMILES string of the molecule is NC(=O)OC(Cc1ccccc1)C1CO1. The number of nitrogens with two attached hydrogens (primary N) is 1. The minimum atomic E-state index is -0.744. The maximum absolute atomic E-state index is 10.7. The van der Waals surface area contributed by atoms with Crippen molar-refractivity contribution in [2.75, 3.05) is 6.61 Å². The van der Waals surface area contributed by atoms with Gasteiger partial charge in [-0.05, 0) is 5.56 Å². The third kappa shape index (κ3) is 2.95. The summed E-state index contributed by atoms with van der Waals surface area (Å²) in [5.41, 5.74) is 6.11. The topological polar surface area (TPSA) is 64.9 Å². The van der Waals surface area contributed by atoms with Crippen LogP contribution in [0.4, 0.5) is 4.79 Å². The normalized spacial score (nSPS) is 20.7. The summed E-state index contributed by atoms with van der Waals surface area (Å²) in [6.07, 6.45) is -0.344. The number of hydrogen-bond donors (Lipinski definition) is 1. The van der Waals surface area contributed by atoms with Gasteiger partial charge in [0.25, 0.3) is 0 Å². The molecule has 1 aliphatic rings. The van der Waals surface area contributed by atoms with Crippen molar-refractivity contribution in [1.29, 1.82) is 0 Å². The Morgan fingerprint density at radius 1 is 1.53 bits per heavy atom. The Hall–Kier alpha value is -1.55. The van der Waals surface area contributed by atoms with E-state index in [1.807, 2.05) is 30.3 Å². The highest BCUT2D eigenvalue weighted by Crippen LogP contribution is 2.20. The van der Waals surface area contributed by atoms with E-state index in [9.17, 15) is 4.79 Å². The molecule has 1 saturated heterocycles. The first kappa shape index (κ1) is 9.98. The number of primary amides is 1. The van der Waals surface area contributed by atoms with Gasteiger partial charge in [-0.1, -0.05) is 30.3 Å². The van der Waals surface area contributed by atoms with Crippen LogP contribution in [0.3, 0.4) is 0 Å². The van der Waals surface area contributed by atoms with Gasteiger partial charge in [0.05, 0.1) is 6.61 Å². The number of carbonyl (C=O) groups excluding carboxylic acids is 1. The van der Waals surface area contributed by atoms with Gasteiger partial charge in [0.1, 0.15) is 12.2 Å². The highest BCUT2D eigenvalue weighted by Gasteiger charge is 2.35. The summed E-state index contributed by atoms with van der Waals surface area (Å²) in [5.74, 6) is 0. The Morgan fingerprint density at radius 2 is 2.20 bits per heavy atom. The maximum atomic E-state index is 10.7. The minimum Gasteiger partial charge on any atom is -0.443 e. The number of hydrogen-bond acceptors (Lipinski definition) is 3. The fourth-order valence-corrected chi connectivity index (χ4v) is 1.51. The van der Waals surface area contributed by atoms with Crippen molar-refractivity contribution in [3.8, 4) is 0 Å². The number of benzene rings is 1. The molecule has 0 radical (unpaired) electrons. The van der Waals surface area contributed by atoms with Crippen molar-refractivity contribution in [2.24, 2.45) is 5.73 Å². The molecular formula is C11H13NO3. The Labute approximate surface area is 88.0 Å². The fraction of sp³-hybridized carbons (Fsp3) is 0.364. The van der Waals surface area contributed by atoms with Crippen LogP contribution in [0.25, 0.3) is 0 Å². The molecule has 0 spiro atoms. The second kappa shape index (κ2) is 4.31. The van der Waals surface area contributed by atoms with Crippen LogP contribution in [0.1, 0.15) is 5.56 Å². The van der Waals surface area contributed by atoms with Gasteiger partial charge in [-0.15, -0.1) is 0 Å². The van der Waals surface area contributed by atoms with Crippen molar-refractivity contribution >= 4 is 6.09 Å². The Kier molecular flexibility index (Phi) is 2.87. The molecule has 0 bridgehead atoms. The lowest BCUT2D eigenvalue weighted by Crippen LogP contribution is -2.29. The van der Waals surface area contributed by atoms with Crippen molar-refractivity contribution in [2.45, 2.75) is 18.6 Å². The van der Waals surface area contributed by atoms with Gasteiger partial charge in [0, 0.05) is 6.42 Å². The molecule has 0 aromatic heterocycles. The number of carbonyl (C=O) groups is 1. The van der Waals surface area contributed by atoms with Crippen LogP contribution < -0.4 is 5.73 Å². The van der Waals surface area contributed by atoms with Gasteiger partial charge in [-0.3, -0.25) is 0 Å². The average molecular weight is 207 g/mol. The average Bonchev–Trinajstić information content (AvgIpc) is 3.01. The van der Waals surface area contributed by atoms with E-state index in [0.29, 0.717) is 13.0 Å². The standard InChI is InChI=1S/C11H13NO3/c12-11(13)15-9(10-7-14-10)6-8-4-2-1-3-5-8/h1-5,9-10H,6-7H2,(H2,12,13). The van der Waals surface area contributed by atoms with E-state index in [1.54, 1.807) is 0 Å². The van der Waals surface area contributed by atoms with Crippen LogP contribution in [0.5, 0.6) is 0 Å². The third-order valence-electron chi connectivity index (χ3n) is 2.32. The molecule has 1 aromatic carbocycles. The Morgan fingerprint density at radius 3 is 2.73 bits per heavy atom. The summed E-state index contributed by atoms with van der Waals surface area (Å²) >= 11 is 0. The maximum Gasteiger partial charge on any atom is 0.404 e. The summed E-state index contributed by atoms with van der Waals surface area (Å²) in [7, 11) is 0. The summed E-state index contributed by atoms with van der Waals surface area (Å²) < 4.78 is 10.1. The van der Waals surface area contributed by atoms with Gasteiger partial charge in [0.2, 0.25) is 0 Å². The molecule has 1 aromatic rings. The third-order valence-corrected chi connectivity index (χ3v) is 2.32. The van der Waals surface area contributed by atoms with Gasteiger partial charge < -0.3 is 15.2 Å². The predicted octanol–water partition coefficient (Wildman–Crippen LogP) is 1.09. The highest BCUT2D eigenvalue weighted by atomic mass is 16.6. The van der Waals surface area contributed by atoms with E-state index in [4.69, 9.17) is 15.2 Å². The fourth-order valence-electron chi connectivity index (χ4n) is 1.51. The van der Waals surface area contributed by atoms with Gasteiger partial charge in [-0.2, -0.15) is 0 Å². The smallest absolute Gasteiger partial charge is 0.404 e. The van der Waals surface area contributed by atoms with Crippen LogP contribution in [-0.2, 0) is 15.9 Å². The summed E-state index contributed by atoms with van der Waals surface area (Å²) in [6, 6.07) is 9.81. The molecule has 1 fully saturated rings. The van der Waals surface area contributed by atoms with Crippen LogP contribution >= 0.6 is 0 Å². The molecule has 4 nitrogen and oxygen atoms in total. The van der Waals surface area contributed by atoms with E-state index in [-0.39, 0.29) is 12.2 Å². The van der Waals surface area contributed by atoms with Crippen molar-refractivity contribution < 1.29 is 14.3 Å². The molecule has 2 N–H and O–H groups in total. The molecule has 15 heavy (non-hydrogen) atoms. The molecule has 0 aliphatic carbocycles. The van der Waals surface area contributed by atoms with E-state index in [1.165, 1.54) is 0 Å². The molecule has 1 aliphatic heterocycles. The lowest BCUT2D eigenvalue weighted by atomic mass is 10.1. The number of ether oxygens (including phenoxy) is 2. The van der Waals surface area contributed by atoms with Crippen molar-refractivity contribution in [3.05, 3.63) is 35.9 Å². The largest absolute Gasteiger partial charge is 0.443 e. The molecule has 1 amide bonds. The molecule has 2 unspecified atom stereocenters. The van der Waals surface area contributed by atoms with Crippen LogP contribution in [0.15, 0.2) is 30.3 Å². The lowest BCUT2D eigenvalue weighted by Gasteiger charge is -2.13. The molecule has 4 heteroatoms. The zero-order valence-corrected chi connectivity index (χ0v) is 8.26. The first-order valence-corrected chi connectivity index (χ1v) is 4.87. The van der Waals surface area contributed by atoms with Crippen LogP contribution in [0.2, 0.25) is 0 Å². The summed E-state index contributed by atoms with van der Waals surface area (Å²) in [5, 5.41) is 0. The van der Waals surface area contributed by atoms with Crippen molar-refractivity contribution in [1.82, 2.24) is 0 Å². The van der Waals surface area contributed by atoms with E-state index >= 15 is 0 Å². The van der Waals surface area contributed by atoms with Crippen LogP contribution in [-0.4, -0.2) is 24.9 Å². The van der Waals surface area contributed by atoms with Gasteiger partial charge in [0.15, 0.2) is 0 Å². The van der Waals surface area contributed by atoms with E-state index in [2.05, 4.69) is 0 Å². The van der Waals surface area contributed by atoms with Gasteiger partial charge in [-0.25, -0.2) is 4.79 Å². The Balaban J connectivity index is 1.97. The molecule has 0 saturated carbocycles. The molecule has 80 valence electrons. The highest BCUT2D eigenvalue weighted by molar-refractivity contribution is 5.64. The molecule has 2 rings (SSSR count). The van der Waals surface area contributed by atoms with E-state index < -0.39 is 6.09 Å². The van der Waals surface area contributed by atoms with Crippen molar-refractivity contribution in [3.63, 3.8) is 0 Å². The zero-order chi connectivity index (χ0) is 10.7. The molecule has 1 heterocycles. The predicted molar refractivity (Wildman–Crippen MR) is 54.3 cm³/mol. The first-order chi connectivity index (χ1) is 7.25. The quantitative estimate of drug-likeness (QED) is 0.751. The zero-order valence-electron chi connectivity index (χ0n) is 8.26. The van der Waals surface area contributed by atoms with Crippen LogP contribution in [0, 0.1) is 0 Å². The minimum absolute atomic E-state index is 0.0118. The molecular weight excluding hydrogens is 194 g/mol. The van der Waals surface area contributed by atoms with Gasteiger partial charge >= 0.3 is 6.09 Å². The lowest BCUT2D eigenvalue weighted by molar-refractivity contribution is 0.0868.